The lowest BCUT2D eigenvalue weighted by Gasteiger charge is -2.52. The number of benzene rings is 2. The monoisotopic (exact) mass is 379 g/mol. The Morgan fingerprint density at radius 3 is 2.54 bits per heavy atom. The zero-order valence-corrected chi connectivity index (χ0v) is 17.2. The first kappa shape index (κ1) is 18.9. The first-order valence-corrected chi connectivity index (χ1v) is 10.0. The van der Waals surface area contributed by atoms with Gasteiger partial charge in [-0.3, -0.25) is 4.79 Å². The normalized spacial score (nSPS) is 25.6. The van der Waals surface area contributed by atoms with Crippen molar-refractivity contribution in [2.24, 2.45) is 11.3 Å². The molecule has 1 amide bonds. The van der Waals surface area contributed by atoms with Crippen LogP contribution in [0.5, 0.6) is 11.5 Å². The molecule has 1 N–H and O–H groups in total. The van der Waals surface area contributed by atoms with Gasteiger partial charge in [-0.15, -0.1) is 0 Å². The van der Waals surface area contributed by atoms with Crippen molar-refractivity contribution in [2.45, 2.75) is 39.0 Å². The molecular weight excluding hydrogens is 350 g/mol. The molecule has 2 aromatic rings. The molecular formula is C24H29NO3. The van der Waals surface area contributed by atoms with E-state index in [1.165, 1.54) is 5.56 Å². The summed E-state index contributed by atoms with van der Waals surface area (Å²) >= 11 is 0. The van der Waals surface area contributed by atoms with Gasteiger partial charge in [0, 0.05) is 24.1 Å². The summed E-state index contributed by atoms with van der Waals surface area (Å²) in [6, 6.07) is 13.2. The molecule has 0 spiro atoms. The second-order valence-electron chi connectivity index (χ2n) is 8.99. The van der Waals surface area contributed by atoms with E-state index in [0.29, 0.717) is 23.8 Å². The zero-order chi connectivity index (χ0) is 20.1. The Bertz CT molecular complexity index is 903. The van der Waals surface area contributed by atoms with E-state index < -0.39 is 0 Å². The Morgan fingerprint density at radius 2 is 1.86 bits per heavy atom. The second kappa shape index (κ2) is 6.54. The van der Waals surface area contributed by atoms with E-state index in [1.54, 1.807) is 13.2 Å². The Kier molecular flexibility index (Phi) is 4.40. The molecule has 0 aromatic heterocycles. The highest BCUT2D eigenvalue weighted by Crippen LogP contribution is 2.57. The van der Waals surface area contributed by atoms with Crippen LogP contribution in [0.3, 0.4) is 0 Å². The Labute approximate surface area is 167 Å². The summed E-state index contributed by atoms with van der Waals surface area (Å²) in [7, 11) is 1.63. The van der Waals surface area contributed by atoms with Gasteiger partial charge < -0.3 is 14.7 Å². The predicted molar refractivity (Wildman–Crippen MR) is 110 cm³/mol. The van der Waals surface area contributed by atoms with Crippen molar-refractivity contribution < 1.29 is 14.6 Å². The largest absolute Gasteiger partial charge is 0.508 e. The molecule has 1 fully saturated rings. The van der Waals surface area contributed by atoms with Gasteiger partial charge in [0.2, 0.25) is 0 Å². The van der Waals surface area contributed by atoms with E-state index in [0.717, 1.165) is 30.7 Å². The summed E-state index contributed by atoms with van der Waals surface area (Å²) in [5.74, 6) is 1.51. The number of amides is 1. The van der Waals surface area contributed by atoms with Gasteiger partial charge in [0.25, 0.3) is 5.91 Å². The molecule has 1 aliphatic carbocycles. The molecule has 148 valence electrons. The number of nitrogens with zero attached hydrogens (tertiary/aromatic N) is 1. The van der Waals surface area contributed by atoms with Crippen molar-refractivity contribution in [3.8, 4) is 11.5 Å². The van der Waals surface area contributed by atoms with E-state index in [4.69, 9.17) is 4.74 Å². The molecule has 2 aliphatic rings. The van der Waals surface area contributed by atoms with Gasteiger partial charge >= 0.3 is 0 Å². The molecule has 28 heavy (non-hydrogen) atoms. The lowest BCUT2D eigenvalue weighted by atomic mass is 9.51. The van der Waals surface area contributed by atoms with Gasteiger partial charge in [0.15, 0.2) is 0 Å². The third kappa shape index (κ3) is 2.69. The number of aromatic hydroxyl groups is 1. The van der Waals surface area contributed by atoms with Crippen molar-refractivity contribution in [2.75, 3.05) is 20.2 Å². The average Bonchev–Trinajstić information content (AvgIpc) is 2.74. The van der Waals surface area contributed by atoms with Crippen LogP contribution < -0.4 is 4.74 Å². The third-order valence-corrected chi connectivity index (χ3v) is 7.59. The van der Waals surface area contributed by atoms with Crippen molar-refractivity contribution in [1.29, 1.82) is 0 Å². The molecule has 0 saturated carbocycles. The number of phenolic OH excluding ortho intramolecular Hbond substituents is 1. The number of fused-ring (bicyclic) bond motifs is 4. The van der Waals surface area contributed by atoms with Gasteiger partial charge in [0.1, 0.15) is 11.5 Å². The number of methoxy groups -OCH3 is 1. The van der Waals surface area contributed by atoms with E-state index in [1.807, 2.05) is 35.2 Å². The van der Waals surface area contributed by atoms with Crippen LogP contribution in [-0.2, 0) is 11.8 Å². The standard InChI is InChI=1S/C24H29NO3/c1-23(2)17-14-19-20(6-5-7-21(19)26)24(23,3)12-13-25(15-17)22(27)16-8-10-18(28-4)11-9-16/h5-11,17,26H,12-15H2,1-4H3/t17-,24-/m0/s1. The molecule has 1 saturated heterocycles. The molecule has 0 unspecified atom stereocenters. The van der Waals surface area contributed by atoms with Crippen molar-refractivity contribution >= 4 is 5.91 Å². The molecule has 4 nitrogen and oxygen atoms in total. The third-order valence-electron chi connectivity index (χ3n) is 7.59. The highest BCUT2D eigenvalue weighted by molar-refractivity contribution is 5.94. The molecule has 2 aromatic carbocycles. The van der Waals surface area contributed by atoms with Crippen molar-refractivity contribution in [3.05, 3.63) is 59.2 Å². The van der Waals surface area contributed by atoms with Crippen LogP contribution in [0.4, 0.5) is 0 Å². The number of likely N-dealkylation sites (tertiary alicyclic amines) is 1. The Hall–Kier alpha value is -2.49. The number of rotatable bonds is 2. The fraction of sp³-hybridized carbons (Fsp3) is 0.458. The highest BCUT2D eigenvalue weighted by atomic mass is 16.5. The summed E-state index contributed by atoms with van der Waals surface area (Å²) in [5.41, 5.74) is 2.95. The lowest BCUT2D eigenvalue weighted by Crippen LogP contribution is -2.49. The fourth-order valence-corrected chi connectivity index (χ4v) is 5.17. The minimum Gasteiger partial charge on any atom is -0.508 e. The van der Waals surface area contributed by atoms with Gasteiger partial charge in [-0.2, -0.15) is 0 Å². The van der Waals surface area contributed by atoms with Crippen LogP contribution >= 0.6 is 0 Å². The van der Waals surface area contributed by atoms with Gasteiger partial charge in [-0.05, 0) is 65.6 Å². The number of hydrogen-bond donors (Lipinski definition) is 1. The predicted octanol–water partition coefficient (Wildman–Crippen LogP) is 4.40. The Morgan fingerprint density at radius 1 is 1.14 bits per heavy atom. The summed E-state index contributed by atoms with van der Waals surface area (Å²) in [5, 5.41) is 10.5. The molecule has 4 heteroatoms. The van der Waals surface area contributed by atoms with E-state index in [9.17, 15) is 9.90 Å². The SMILES string of the molecule is COc1ccc(C(=O)N2CC[C@@]3(C)c4cccc(O)c4C[C@@H](C2)C3(C)C)cc1. The zero-order valence-electron chi connectivity index (χ0n) is 17.2. The summed E-state index contributed by atoms with van der Waals surface area (Å²) in [6.45, 7) is 8.38. The minimum absolute atomic E-state index is 0.0305. The molecule has 0 radical (unpaired) electrons. The number of phenols is 1. The number of carbonyl (C=O) groups is 1. The lowest BCUT2D eigenvalue weighted by molar-refractivity contribution is 0.0636. The summed E-state index contributed by atoms with van der Waals surface area (Å²) in [6.07, 6.45) is 1.69. The molecule has 1 aliphatic heterocycles. The minimum atomic E-state index is -0.0844. The van der Waals surface area contributed by atoms with Gasteiger partial charge in [-0.1, -0.05) is 32.9 Å². The van der Waals surface area contributed by atoms with Crippen molar-refractivity contribution in [1.82, 2.24) is 4.90 Å². The quantitative estimate of drug-likeness (QED) is 0.841. The van der Waals surface area contributed by atoms with Crippen LogP contribution in [0.15, 0.2) is 42.5 Å². The molecule has 2 atom stereocenters. The Balaban J connectivity index is 1.69. The second-order valence-corrected chi connectivity index (χ2v) is 8.99. The fourth-order valence-electron chi connectivity index (χ4n) is 5.17. The van der Waals surface area contributed by atoms with Crippen LogP contribution in [0, 0.1) is 11.3 Å². The average molecular weight is 380 g/mol. The molecule has 2 bridgehead atoms. The molecule has 4 rings (SSSR count). The van der Waals surface area contributed by atoms with Gasteiger partial charge in [-0.25, -0.2) is 0 Å². The van der Waals surface area contributed by atoms with Crippen molar-refractivity contribution in [3.63, 3.8) is 0 Å². The summed E-state index contributed by atoms with van der Waals surface area (Å²) < 4.78 is 5.21. The van der Waals surface area contributed by atoms with E-state index >= 15 is 0 Å². The van der Waals surface area contributed by atoms with Crippen LogP contribution in [0.25, 0.3) is 0 Å². The topological polar surface area (TPSA) is 49.8 Å². The van der Waals surface area contributed by atoms with Crippen LogP contribution in [0.2, 0.25) is 0 Å². The van der Waals surface area contributed by atoms with E-state index in [-0.39, 0.29) is 16.7 Å². The molecule has 1 heterocycles. The van der Waals surface area contributed by atoms with E-state index in [2.05, 4.69) is 26.8 Å². The first-order chi connectivity index (χ1) is 13.3. The first-order valence-electron chi connectivity index (χ1n) is 10.0. The summed E-state index contributed by atoms with van der Waals surface area (Å²) in [4.78, 5) is 15.2. The maximum atomic E-state index is 13.2. The van der Waals surface area contributed by atoms with Crippen LogP contribution in [0.1, 0.15) is 48.7 Å². The number of carbonyl (C=O) groups excluding carboxylic acids is 1. The number of ether oxygens (including phenoxy) is 1. The number of hydrogen-bond acceptors (Lipinski definition) is 3. The maximum Gasteiger partial charge on any atom is 0.253 e. The smallest absolute Gasteiger partial charge is 0.253 e. The van der Waals surface area contributed by atoms with Gasteiger partial charge in [0.05, 0.1) is 7.11 Å². The van der Waals surface area contributed by atoms with Crippen LogP contribution in [-0.4, -0.2) is 36.1 Å². The maximum absolute atomic E-state index is 13.2. The highest BCUT2D eigenvalue weighted by Gasteiger charge is 2.53.